The van der Waals surface area contributed by atoms with Crippen molar-refractivity contribution in [3.63, 3.8) is 0 Å². The number of aromatic nitrogens is 3. The van der Waals surface area contributed by atoms with Crippen LogP contribution in [-0.4, -0.2) is 15.0 Å². The van der Waals surface area contributed by atoms with Crippen molar-refractivity contribution in [1.82, 2.24) is 15.0 Å². The molecule has 1 aliphatic rings. The molecule has 0 bridgehead atoms. The number of rotatable bonds is 6. The van der Waals surface area contributed by atoms with Gasteiger partial charge in [-0.05, 0) is 95.4 Å². The Bertz CT molecular complexity index is 3500. The predicted octanol–water partition coefficient (Wildman–Crippen LogP) is 15.0. The lowest BCUT2D eigenvalue weighted by molar-refractivity contribution is 0.714. The maximum atomic E-state index is 5.35. The van der Waals surface area contributed by atoms with Gasteiger partial charge in [0.1, 0.15) is 0 Å². The Morgan fingerprint density at radius 1 is 0.306 bits per heavy atom. The van der Waals surface area contributed by atoms with E-state index in [0.29, 0.717) is 17.5 Å². The van der Waals surface area contributed by atoms with Gasteiger partial charge in [0.05, 0.1) is 0 Å². The molecule has 0 fully saturated rings. The number of fused-ring (bicyclic) bond motifs is 7. The summed E-state index contributed by atoms with van der Waals surface area (Å²) in [5.41, 5.74) is 13.4. The second-order valence-corrected chi connectivity index (χ2v) is 16.4. The molecule has 1 aliphatic carbocycles. The Balaban J connectivity index is 1.04. The fraction of sp³-hybridized carbons (Fsp3) is 0.0339. The molecule has 3 heteroatoms. The van der Waals surface area contributed by atoms with Crippen LogP contribution in [-0.2, 0) is 5.41 Å². The topological polar surface area (TPSA) is 38.7 Å². The van der Waals surface area contributed by atoms with Crippen molar-refractivity contribution >= 4 is 32.3 Å². The van der Waals surface area contributed by atoms with Gasteiger partial charge < -0.3 is 0 Å². The summed E-state index contributed by atoms with van der Waals surface area (Å²) in [4.78, 5) is 15.9. The first kappa shape index (κ1) is 35.9. The first-order valence-corrected chi connectivity index (χ1v) is 21.3. The summed E-state index contributed by atoms with van der Waals surface area (Å²) in [5.74, 6) is 1.92. The molecule has 0 saturated heterocycles. The van der Waals surface area contributed by atoms with Crippen LogP contribution in [0.1, 0.15) is 23.6 Å². The quantitative estimate of drug-likeness (QED) is 0.124. The van der Waals surface area contributed by atoms with Crippen LogP contribution < -0.4 is 0 Å². The fourth-order valence-corrected chi connectivity index (χ4v) is 9.92. The van der Waals surface area contributed by atoms with Gasteiger partial charge in [-0.1, -0.05) is 212 Å². The third-order valence-corrected chi connectivity index (χ3v) is 13.0. The first-order valence-electron chi connectivity index (χ1n) is 21.3. The molecule has 3 nitrogen and oxygen atoms in total. The molecule has 1 aromatic heterocycles. The highest BCUT2D eigenvalue weighted by Gasteiger charge is 2.42. The summed E-state index contributed by atoms with van der Waals surface area (Å²) in [7, 11) is 0. The maximum Gasteiger partial charge on any atom is 0.164 e. The van der Waals surface area contributed by atoms with Crippen molar-refractivity contribution in [3.05, 3.63) is 235 Å². The lowest BCUT2D eigenvalue weighted by Gasteiger charge is -2.28. The van der Waals surface area contributed by atoms with Crippen molar-refractivity contribution < 1.29 is 0 Å². The smallest absolute Gasteiger partial charge is 0.164 e. The van der Waals surface area contributed by atoms with Gasteiger partial charge in [-0.3, -0.25) is 0 Å². The molecule has 0 aliphatic heterocycles. The van der Waals surface area contributed by atoms with Crippen LogP contribution >= 0.6 is 0 Å². The van der Waals surface area contributed by atoms with Crippen molar-refractivity contribution in [3.8, 4) is 67.5 Å². The Morgan fingerprint density at radius 2 is 0.839 bits per heavy atom. The molecule has 11 aromatic rings. The molecule has 0 N–H and O–H groups in total. The van der Waals surface area contributed by atoms with Crippen LogP contribution in [0.15, 0.2) is 218 Å². The Hall–Kier alpha value is -8.01. The van der Waals surface area contributed by atoms with Gasteiger partial charge in [0.15, 0.2) is 17.5 Å². The minimum absolute atomic E-state index is 0.344. The monoisotopic (exact) mass is 789 g/mol. The van der Waals surface area contributed by atoms with Gasteiger partial charge in [-0.15, -0.1) is 0 Å². The molecular weight excluding hydrogens is 751 g/mol. The highest BCUT2D eigenvalue weighted by atomic mass is 15.0. The lowest BCUT2D eigenvalue weighted by atomic mass is 9.74. The largest absolute Gasteiger partial charge is 0.208 e. The van der Waals surface area contributed by atoms with E-state index in [2.05, 4.69) is 219 Å². The number of hydrogen-bond donors (Lipinski definition) is 0. The van der Waals surface area contributed by atoms with E-state index in [4.69, 9.17) is 15.0 Å². The van der Waals surface area contributed by atoms with E-state index >= 15 is 0 Å². The molecule has 1 heterocycles. The number of hydrogen-bond acceptors (Lipinski definition) is 3. The summed E-state index contributed by atoms with van der Waals surface area (Å²) < 4.78 is 0. The molecule has 0 spiro atoms. The highest BCUT2D eigenvalue weighted by Crippen LogP contribution is 2.55. The standard InChI is InChI=1S/C59H39N3/c1-59(45-19-6-3-7-20-45)52-25-13-12-23-49(52)55-50(24-14-26-53(55)59)58-61-56(42-31-27-39(28-32-42)38-15-4-2-5-16-38)60-57(62-58)43-33-29-41(30-34-43)54-47-22-11-9-18-44(47)37-51-46-21-10-8-17-40(46)35-36-48(51)54/h2-37H,1H3. The maximum absolute atomic E-state index is 5.35. The SMILES string of the molecule is CC1(c2ccccc2)c2ccccc2-c2c(-c3nc(-c4ccc(-c5ccccc5)cc4)nc(-c4ccc(-c5c6ccccc6cc6c5ccc5ccccc56)cc4)n3)cccc21. The van der Waals surface area contributed by atoms with E-state index in [1.165, 1.54) is 71.3 Å². The molecule has 1 atom stereocenters. The molecule has 0 radical (unpaired) electrons. The predicted molar refractivity (Wildman–Crippen MR) is 257 cm³/mol. The summed E-state index contributed by atoms with van der Waals surface area (Å²) in [6, 6.07) is 78.3. The zero-order valence-electron chi connectivity index (χ0n) is 34.1. The molecule has 10 aromatic carbocycles. The second-order valence-electron chi connectivity index (χ2n) is 16.4. The molecule has 1 unspecified atom stereocenters. The van der Waals surface area contributed by atoms with E-state index in [0.717, 1.165) is 27.8 Å². The fourth-order valence-electron chi connectivity index (χ4n) is 9.92. The van der Waals surface area contributed by atoms with Crippen LogP contribution in [0.3, 0.4) is 0 Å². The zero-order valence-corrected chi connectivity index (χ0v) is 34.1. The minimum atomic E-state index is -0.344. The van der Waals surface area contributed by atoms with Crippen molar-refractivity contribution in [2.45, 2.75) is 12.3 Å². The van der Waals surface area contributed by atoms with E-state index in [9.17, 15) is 0 Å². The zero-order chi connectivity index (χ0) is 41.2. The van der Waals surface area contributed by atoms with Crippen molar-refractivity contribution in [2.24, 2.45) is 0 Å². The molecule has 0 amide bonds. The van der Waals surface area contributed by atoms with Gasteiger partial charge >= 0.3 is 0 Å². The summed E-state index contributed by atoms with van der Waals surface area (Å²) in [6.45, 7) is 2.35. The molecule has 290 valence electrons. The van der Waals surface area contributed by atoms with Crippen molar-refractivity contribution in [2.75, 3.05) is 0 Å². The van der Waals surface area contributed by atoms with E-state index < -0.39 is 0 Å². The summed E-state index contributed by atoms with van der Waals surface area (Å²) in [5, 5.41) is 7.44. The average molecular weight is 790 g/mol. The third-order valence-electron chi connectivity index (χ3n) is 13.0. The van der Waals surface area contributed by atoms with Gasteiger partial charge in [0.2, 0.25) is 0 Å². The van der Waals surface area contributed by atoms with Crippen LogP contribution in [0.5, 0.6) is 0 Å². The van der Waals surface area contributed by atoms with Gasteiger partial charge in [0.25, 0.3) is 0 Å². The van der Waals surface area contributed by atoms with E-state index in [-0.39, 0.29) is 5.41 Å². The lowest BCUT2D eigenvalue weighted by Crippen LogP contribution is -2.22. The van der Waals surface area contributed by atoms with Crippen LogP contribution in [0.4, 0.5) is 0 Å². The molecule has 62 heavy (non-hydrogen) atoms. The summed E-state index contributed by atoms with van der Waals surface area (Å²) in [6.07, 6.45) is 0. The third kappa shape index (κ3) is 5.70. The molecule has 0 saturated carbocycles. The van der Waals surface area contributed by atoms with E-state index in [1.54, 1.807) is 0 Å². The molecule has 12 rings (SSSR count). The average Bonchev–Trinajstić information content (AvgIpc) is 3.62. The van der Waals surface area contributed by atoms with E-state index in [1.807, 2.05) is 6.07 Å². The Labute approximate surface area is 360 Å². The number of benzene rings is 10. The van der Waals surface area contributed by atoms with Crippen LogP contribution in [0, 0.1) is 0 Å². The molecular formula is C59H39N3. The second kappa shape index (κ2) is 14.3. The van der Waals surface area contributed by atoms with Gasteiger partial charge in [0, 0.05) is 22.1 Å². The Kier molecular flexibility index (Phi) is 8.29. The Morgan fingerprint density at radius 3 is 1.58 bits per heavy atom. The van der Waals surface area contributed by atoms with Crippen molar-refractivity contribution in [1.29, 1.82) is 0 Å². The van der Waals surface area contributed by atoms with Crippen LogP contribution in [0.2, 0.25) is 0 Å². The minimum Gasteiger partial charge on any atom is -0.208 e. The number of nitrogens with zero attached hydrogens (tertiary/aromatic N) is 3. The summed E-state index contributed by atoms with van der Waals surface area (Å²) >= 11 is 0. The van der Waals surface area contributed by atoms with Gasteiger partial charge in [-0.25, -0.2) is 15.0 Å². The van der Waals surface area contributed by atoms with Crippen LogP contribution in [0.25, 0.3) is 99.9 Å². The highest BCUT2D eigenvalue weighted by molar-refractivity contribution is 6.20. The normalized spacial score (nSPS) is 14.3. The van der Waals surface area contributed by atoms with Gasteiger partial charge in [-0.2, -0.15) is 0 Å². The first-order chi connectivity index (χ1) is 30.6.